The van der Waals surface area contributed by atoms with E-state index in [1.54, 1.807) is 36.8 Å². The van der Waals surface area contributed by atoms with Crippen molar-refractivity contribution in [1.82, 2.24) is 4.98 Å². The molecule has 1 heterocycles. The molecular formula is C15H16N2O4S. The highest BCUT2D eigenvalue weighted by atomic mass is 32.1. The molecule has 0 bridgehead atoms. The lowest BCUT2D eigenvalue weighted by atomic mass is 10.3. The van der Waals surface area contributed by atoms with Crippen molar-refractivity contribution in [1.29, 1.82) is 0 Å². The number of methoxy groups -OCH3 is 1. The Hall–Kier alpha value is -2.41. The fourth-order valence-electron chi connectivity index (χ4n) is 1.73. The van der Waals surface area contributed by atoms with Crippen LogP contribution in [0.1, 0.15) is 10.7 Å². The highest BCUT2D eigenvalue weighted by Crippen LogP contribution is 2.16. The molecule has 0 unspecified atom stereocenters. The number of aryl methyl sites for hydroxylation is 1. The summed E-state index contributed by atoms with van der Waals surface area (Å²) in [6, 6.07) is 6.93. The van der Waals surface area contributed by atoms with Gasteiger partial charge in [0.05, 0.1) is 24.2 Å². The summed E-state index contributed by atoms with van der Waals surface area (Å²) in [6.45, 7) is 1.53. The molecule has 22 heavy (non-hydrogen) atoms. The third-order valence-corrected chi connectivity index (χ3v) is 3.53. The summed E-state index contributed by atoms with van der Waals surface area (Å²) >= 11 is 1.47. The number of hydrogen-bond acceptors (Lipinski definition) is 6. The van der Waals surface area contributed by atoms with E-state index in [9.17, 15) is 9.59 Å². The van der Waals surface area contributed by atoms with Crippen LogP contribution in [0.3, 0.4) is 0 Å². The van der Waals surface area contributed by atoms with Gasteiger partial charge in [-0.25, -0.2) is 4.98 Å². The number of ether oxygens (including phenoxy) is 2. The average molecular weight is 320 g/mol. The van der Waals surface area contributed by atoms with E-state index in [0.29, 0.717) is 17.1 Å². The van der Waals surface area contributed by atoms with Crippen LogP contribution in [0.4, 0.5) is 5.69 Å². The summed E-state index contributed by atoms with van der Waals surface area (Å²) in [5, 5.41) is 5.32. The van der Waals surface area contributed by atoms with Gasteiger partial charge in [-0.05, 0) is 19.1 Å². The second-order valence-corrected chi connectivity index (χ2v) is 5.54. The second kappa shape index (κ2) is 7.56. The molecule has 1 N–H and O–H groups in total. The SMILES string of the molecule is COc1cccc(NC(=O)COC(=O)Cc2csc(C)n2)c1. The normalized spacial score (nSPS) is 10.1. The van der Waals surface area contributed by atoms with Crippen molar-refractivity contribution in [3.63, 3.8) is 0 Å². The number of amides is 1. The molecule has 0 saturated carbocycles. The zero-order valence-corrected chi connectivity index (χ0v) is 13.1. The first-order valence-electron chi connectivity index (χ1n) is 6.57. The molecular weight excluding hydrogens is 304 g/mol. The number of nitrogens with zero attached hydrogens (tertiary/aromatic N) is 1. The van der Waals surface area contributed by atoms with E-state index in [1.165, 1.54) is 11.3 Å². The molecule has 0 spiro atoms. The molecule has 0 radical (unpaired) electrons. The summed E-state index contributed by atoms with van der Waals surface area (Å²) in [5.41, 5.74) is 1.23. The van der Waals surface area contributed by atoms with Crippen molar-refractivity contribution in [3.8, 4) is 5.75 Å². The number of hydrogen-bond donors (Lipinski definition) is 1. The van der Waals surface area contributed by atoms with Gasteiger partial charge in [0.2, 0.25) is 0 Å². The van der Waals surface area contributed by atoms with E-state index in [1.807, 2.05) is 6.92 Å². The van der Waals surface area contributed by atoms with Gasteiger partial charge < -0.3 is 14.8 Å². The lowest BCUT2D eigenvalue weighted by Gasteiger charge is -2.07. The van der Waals surface area contributed by atoms with Crippen molar-refractivity contribution in [2.75, 3.05) is 19.0 Å². The van der Waals surface area contributed by atoms with Gasteiger partial charge in [0.1, 0.15) is 5.75 Å². The van der Waals surface area contributed by atoms with Crippen molar-refractivity contribution in [3.05, 3.63) is 40.3 Å². The molecule has 1 amide bonds. The third-order valence-electron chi connectivity index (χ3n) is 2.71. The molecule has 0 aliphatic rings. The van der Waals surface area contributed by atoms with Crippen LogP contribution in [-0.4, -0.2) is 30.6 Å². The van der Waals surface area contributed by atoms with Gasteiger partial charge in [-0.15, -0.1) is 11.3 Å². The highest BCUT2D eigenvalue weighted by molar-refractivity contribution is 7.09. The molecule has 0 aliphatic carbocycles. The van der Waals surface area contributed by atoms with E-state index in [2.05, 4.69) is 10.3 Å². The first kappa shape index (κ1) is 16.0. The van der Waals surface area contributed by atoms with Crippen LogP contribution in [-0.2, 0) is 20.7 Å². The standard InChI is InChI=1S/C15H16N2O4S/c1-10-16-12(9-22-10)7-15(19)21-8-14(18)17-11-4-3-5-13(6-11)20-2/h3-6,9H,7-8H2,1-2H3,(H,17,18). The Morgan fingerprint density at radius 1 is 1.36 bits per heavy atom. The fraction of sp³-hybridized carbons (Fsp3) is 0.267. The lowest BCUT2D eigenvalue weighted by Crippen LogP contribution is -2.21. The smallest absolute Gasteiger partial charge is 0.312 e. The van der Waals surface area contributed by atoms with Crippen molar-refractivity contribution in [2.24, 2.45) is 0 Å². The number of thiazole rings is 1. The minimum absolute atomic E-state index is 0.0662. The van der Waals surface area contributed by atoms with Crippen LogP contribution in [0.15, 0.2) is 29.6 Å². The van der Waals surface area contributed by atoms with Gasteiger partial charge in [0.25, 0.3) is 5.91 Å². The molecule has 0 fully saturated rings. The number of rotatable bonds is 6. The minimum Gasteiger partial charge on any atom is -0.497 e. The van der Waals surface area contributed by atoms with E-state index < -0.39 is 11.9 Å². The Labute approximate surface area is 132 Å². The number of carbonyl (C=O) groups excluding carboxylic acids is 2. The Morgan fingerprint density at radius 2 is 2.18 bits per heavy atom. The Bertz CT molecular complexity index is 669. The van der Waals surface area contributed by atoms with Gasteiger partial charge in [-0.2, -0.15) is 0 Å². The zero-order valence-electron chi connectivity index (χ0n) is 12.3. The molecule has 1 aromatic carbocycles. The number of carbonyl (C=O) groups is 2. The lowest BCUT2D eigenvalue weighted by molar-refractivity contribution is -0.146. The predicted molar refractivity (Wildman–Crippen MR) is 83.1 cm³/mol. The Kier molecular flexibility index (Phi) is 5.48. The van der Waals surface area contributed by atoms with Crippen LogP contribution < -0.4 is 10.1 Å². The largest absolute Gasteiger partial charge is 0.497 e. The minimum atomic E-state index is -0.480. The predicted octanol–water partition coefficient (Wildman–Crippen LogP) is 2.18. The summed E-state index contributed by atoms with van der Waals surface area (Å²) in [6.07, 6.45) is 0.0662. The van der Waals surface area contributed by atoms with Gasteiger partial charge in [0.15, 0.2) is 6.61 Å². The average Bonchev–Trinajstić information content (AvgIpc) is 2.90. The summed E-state index contributed by atoms with van der Waals surface area (Å²) in [7, 11) is 1.54. The number of benzene rings is 1. The van der Waals surface area contributed by atoms with Gasteiger partial charge in [0, 0.05) is 17.1 Å². The first-order valence-corrected chi connectivity index (χ1v) is 7.45. The number of anilines is 1. The molecule has 1 aromatic heterocycles. The molecule has 2 rings (SSSR count). The van der Waals surface area contributed by atoms with Crippen molar-refractivity contribution < 1.29 is 19.1 Å². The summed E-state index contributed by atoms with van der Waals surface area (Å²) in [5.74, 6) is -0.254. The molecule has 6 nitrogen and oxygen atoms in total. The topological polar surface area (TPSA) is 77.5 Å². The molecule has 0 aliphatic heterocycles. The van der Waals surface area contributed by atoms with Crippen LogP contribution in [0.25, 0.3) is 0 Å². The van der Waals surface area contributed by atoms with E-state index in [4.69, 9.17) is 9.47 Å². The van der Waals surface area contributed by atoms with E-state index in [-0.39, 0.29) is 13.0 Å². The molecule has 2 aromatic rings. The fourth-order valence-corrected chi connectivity index (χ4v) is 2.34. The maximum absolute atomic E-state index is 11.7. The first-order chi connectivity index (χ1) is 10.6. The molecule has 0 atom stereocenters. The van der Waals surface area contributed by atoms with Gasteiger partial charge in [-0.3, -0.25) is 9.59 Å². The monoisotopic (exact) mass is 320 g/mol. The third kappa shape index (κ3) is 4.85. The maximum Gasteiger partial charge on any atom is 0.312 e. The van der Waals surface area contributed by atoms with Crippen LogP contribution >= 0.6 is 11.3 Å². The van der Waals surface area contributed by atoms with Crippen LogP contribution in [0.2, 0.25) is 0 Å². The molecule has 0 saturated heterocycles. The van der Waals surface area contributed by atoms with Crippen LogP contribution in [0, 0.1) is 6.92 Å². The maximum atomic E-state index is 11.7. The second-order valence-electron chi connectivity index (χ2n) is 4.48. The summed E-state index contributed by atoms with van der Waals surface area (Å²) < 4.78 is 9.99. The zero-order chi connectivity index (χ0) is 15.9. The van der Waals surface area contributed by atoms with Gasteiger partial charge in [-0.1, -0.05) is 6.07 Å². The number of esters is 1. The van der Waals surface area contributed by atoms with Crippen LogP contribution in [0.5, 0.6) is 5.75 Å². The molecule has 7 heteroatoms. The Morgan fingerprint density at radius 3 is 2.86 bits per heavy atom. The summed E-state index contributed by atoms with van der Waals surface area (Å²) in [4.78, 5) is 27.5. The van der Waals surface area contributed by atoms with Crippen molar-refractivity contribution in [2.45, 2.75) is 13.3 Å². The van der Waals surface area contributed by atoms with Gasteiger partial charge >= 0.3 is 5.97 Å². The number of nitrogens with one attached hydrogen (secondary N) is 1. The highest BCUT2D eigenvalue weighted by Gasteiger charge is 2.10. The molecule has 116 valence electrons. The van der Waals surface area contributed by atoms with Crippen molar-refractivity contribution >= 4 is 28.9 Å². The quantitative estimate of drug-likeness (QED) is 0.826. The van der Waals surface area contributed by atoms with E-state index in [0.717, 1.165) is 5.01 Å². The number of aromatic nitrogens is 1. The Balaban J connectivity index is 1.78. The van der Waals surface area contributed by atoms with E-state index >= 15 is 0 Å².